The summed E-state index contributed by atoms with van der Waals surface area (Å²) in [6.07, 6.45) is -4.40. The van der Waals surface area contributed by atoms with Crippen molar-refractivity contribution >= 4 is 5.91 Å². The molecule has 3 N–H and O–H groups in total. The van der Waals surface area contributed by atoms with E-state index < -0.39 is 29.4 Å². The number of H-pyrrole nitrogens is 2. The number of nitrogens with zero attached hydrogens (tertiary/aromatic N) is 1. The van der Waals surface area contributed by atoms with E-state index in [2.05, 4.69) is 15.4 Å². The molecule has 2 rings (SSSR count). The summed E-state index contributed by atoms with van der Waals surface area (Å²) in [6.45, 7) is 1.60. The topological polar surface area (TPSA) is 90.6 Å². The van der Waals surface area contributed by atoms with Crippen LogP contribution in [0.5, 0.6) is 0 Å². The Morgan fingerprint density at radius 2 is 1.90 bits per heavy atom. The van der Waals surface area contributed by atoms with E-state index in [1.54, 1.807) is 6.92 Å². The van der Waals surface area contributed by atoms with Crippen LogP contribution >= 0.6 is 0 Å². The number of rotatable bonds is 3. The molecule has 1 aromatic carbocycles. The second-order valence-electron chi connectivity index (χ2n) is 4.34. The largest absolute Gasteiger partial charge is 0.416 e. The Labute approximate surface area is 116 Å². The zero-order chi connectivity index (χ0) is 15.6. The van der Waals surface area contributed by atoms with Gasteiger partial charge in [-0.1, -0.05) is 12.1 Å². The number of carbonyl (C=O) groups excluding carboxylic acids is 1. The minimum atomic E-state index is -4.40. The summed E-state index contributed by atoms with van der Waals surface area (Å²) < 4.78 is 37.3. The number of hydrogen-bond acceptors (Lipinski definition) is 3. The monoisotopic (exact) mass is 300 g/mol. The molecule has 0 fully saturated rings. The number of amides is 1. The summed E-state index contributed by atoms with van der Waals surface area (Å²) in [6, 6.07) is 3.89. The number of aromatic nitrogens is 3. The van der Waals surface area contributed by atoms with Crippen molar-refractivity contribution in [2.45, 2.75) is 19.1 Å². The van der Waals surface area contributed by atoms with E-state index >= 15 is 0 Å². The van der Waals surface area contributed by atoms with Crippen molar-refractivity contribution in [3.8, 4) is 0 Å². The Morgan fingerprint density at radius 3 is 2.38 bits per heavy atom. The third-order valence-corrected chi connectivity index (χ3v) is 2.80. The molecule has 21 heavy (non-hydrogen) atoms. The van der Waals surface area contributed by atoms with Crippen LogP contribution in [0.15, 0.2) is 29.1 Å². The number of halogens is 3. The van der Waals surface area contributed by atoms with E-state index in [1.807, 2.05) is 5.10 Å². The molecule has 0 aliphatic heterocycles. The Bertz CT molecular complexity index is 688. The first-order valence-corrected chi connectivity index (χ1v) is 5.90. The number of carbonyl (C=O) groups is 1. The fourth-order valence-corrected chi connectivity index (χ4v) is 1.69. The lowest BCUT2D eigenvalue weighted by molar-refractivity contribution is -0.137. The zero-order valence-corrected chi connectivity index (χ0v) is 10.8. The molecule has 0 bridgehead atoms. The van der Waals surface area contributed by atoms with Crippen molar-refractivity contribution in [1.29, 1.82) is 0 Å². The first kappa shape index (κ1) is 14.8. The number of alkyl halides is 3. The van der Waals surface area contributed by atoms with Gasteiger partial charge >= 0.3 is 11.9 Å². The van der Waals surface area contributed by atoms with Gasteiger partial charge in [-0.25, -0.2) is 9.89 Å². The number of benzene rings is 1. The van der Waals surface area contributed by atoms with E-state index in [9.17, 15) is 22.8 Å². The molecule has 9 heteroatoms. The lowest BCUT2D eigenvalue weighted by Gasteiger charge is -2.14. The van der Waals surface area contributed by atoms with Crippen LogP contribution in [0.25, 0.3) is 0 Å². The maximum Gasteiger partial charge on any atom is 0.416 e. The summed E-state index contributed by atoms with van der Waals surface area (Å²) in [5, 5.41) is 8.01. The molecular formula is C12H11F3N4O2. The highest BCUT2D eigenvalue weighted by molar-refractivity contribution is 5.90. The minimum Gasteiger partial charge on any atom is -0.343 e. The van der Waals surface area contributed by atoms with Crippen LogP contribution in [-0.2, 0) is 6.18 Å². The van der Waals surface area contributed by atoms with Gasteiger partial charge < -0.3 is 5.32 Å². The molecule has 2 aromatic rings. The van der Waals surface area contributed by atoms with E-state index in [0.29, 0.717) is 5.56 Å². The molecule has 0 radical (unpaired) electrons. The highest BCUT2D eigenvalue weighted by atomic mass is 19.4. The van der Waals surface area contributed by atoms with Gasteiger partial charge in [0.2, 0.25) is 5.82 Å². The van der Waals surface area contributed by atoms with Gasteiger partial charge in [0, 0.05) is 0 Å². The highest BCUT2D eigenvalue weighted by Crippen LogP contribution is 2.29. The SMILES string of the molecule is CC(NC(=O)c1n[nH]c(=O)[nH]1)c1ccc(C(F)(F)F)cc1. The summed E-state index contributed by atoms with van der Waals surface area (Å²) in [5.74, 6) is -0.834. The highest BCUT2D eigenvalue weighted by Gasteiger charge is 2.30. The fraction of sp³-hybridized carbons (Fsp3) is 0.250. The first-order chi connectivity index (χ1) is 9.77. The van der Waals surface area contributed by atoms with Crippen LogP contribution in [0, 0.1) is 0 Å². The normalized spacial score (nSPS) is 13.0. The van der Waals surface area contributed by atoms with Crippen LogP contribution in [0.3, 0.4) is 0 Å². The Hall–Kier alpha value is -2.58. The second kappa shape index (κ2) is 5.43. The van der Waals surface area contributed by atoms with Crippen molar-refractivity contribution in [2.75, 3.05) is 0 Å². The van der Waals surface area contributed by atoms with Crippen molar-refractivity contribution in [1.82, 2.24) is 20.5 Å². The predicted octanol–water partition coefficient (Wildman–Crippen LogP) is 1.61. The summed E-state index contributed by atoms with van der Waals surface area (Å²) in [5.41, 5.74) is -0.891. The van der Waals surface area contributed by atoms with Gasteiger partial charge in [-0.2, -0.15) is 13.2 Å². The van der Waals surface area contributed by atoms with Crippen LogP contribution in [0.2, 0.25) is 0 Å². The summed E-state index contributed by atoms with van der Waals surface area (Å²) in [7, 11) is 0. The van der Waals surface area contributed by atoms with E-state index in [-0.39, 0.29) is 5.82 Å². The van der Waals surface area contributed by atoms with Gasteiger partial charge in [-0.05, 0) is 24.6 Å². The minimum absolute atomic E-state index is 0.196. The summed E-state index contributed by atoms with van der Waals surface area (Å²) in [4.78, 5) is 24.7. The van der Waals surface area contributed by atoms with E-state index in [4.69, 9.17) is 0 Å². The molecule has 112 valence electrons. The molecule has 0 spiro atoms. The van der Waals surface area contributed by atoms with Crippen LogP contribution in [0.1, 0.15) is 34.7 Å². The van der Waals surface area contributed by atoms with Gasteiger partial charge in [0.25, 0.3) is 5.91 Å². The molecule has 1 atom stereocenters. The Balaban J connectivity index is 2.08. The average molecular weight is 300 g/mol. The van der Waals surface area contributed by atoms with Crippen LogP contribution in [-0.4, -0.2) is 21.1 Å². The quantitative estimate of drug-likeness (QED) is 0.804. The van der Waals surface area contributed by atoms with E-state index in [1.165, 1.54) is 12.1 Å². The standard InChI is InChI=1S/C12H11F3N4O2/c1-6(16-10(20)9-17-11(21)19-18-9)7-2-4-8(5-3-7)12(13,14)15/h2-6H,1H3,(H,16,20)(H2,17,18,19,21). The molecular weight excluding hydrogens is 289 g/mol. The molecule has 1 unspecified atom stereocenters. The maximum atomic E-state index is 12.4. The smallest absolute Gasteiger partial charge is 0.343 e. The van der Waals surface area contributed by atoms with Crippen molar-refractivity contribution in [3.05, 3.63) is 51.7 Å². The lowest BCUT2D eigenvalue weighted by Crippen LogP contribution is -2.28. The third-order valence-electron chi connectivity index (χ3n) is 2.80. The van der Waals surface area contributed by atoms with Crippen molar-refractivity contribution < 1.29 is 18.0 Å². The fourth-order valence-electron chi connectivity index (χ4n) is 1.69. The van der Waals surface area contributed by atoms with Gasteiger partial charge in [-0.15, -0.1) is 5.10 Å². The molecule has 0 aliphatic carbocycles. The molecule has 0 saturated carbocycles. The van der Waals surface area contributed by atoms with Gasteiger partial charge in [-0.3, -0.25) is 9.78 Å². The second-order valence-corrected chi connectivity index (χ2v) is 4.34. The Kier molecular flexibility index (Phi) is 3.83. The number of aromatic amines is 2. The predicted molar refractivity (Wildman–Crippen MR) is 66.5 cm³/mol. The van der Waals surface area contributed by atoms with Gasteiger partial charge in [0.15, 0.2) is 0 Å². The lowest BCUT2D eigenvalue weighted by atomic mass is 10.1. The molecule has 1 aromatic heterocycles. The molecule has 6 nitrogen and oxygen atoms in total. The maximum absolute atomic E-state index is 12.4. The molecule has 1 amide bonds. The van der Waals surface area contributed by atoms with Crippen molar-refractivity contribution in [2.24, 2.45) is 0 Å². The number of hydrogen-bond donors (Lipinski definition) is 3. The Morgan fingerprint density at radius 1 is 1.29 bits per heavy atom. The summed E-state index contributed by atoms with van der Waals surface area (Å²) >= 11 is 0. The zero-order valence-electron chi connectivity index (χ0n) is 10.8. The molecule has 0 saturated heterocycles. The first-order valence-electron chi connectivity index (χ1n) is 5.90. The third kappa shape index (κ3) is 3.50. The van der Waals surface area contributed by atoms with Crippen LogP contribution < -0.4 is 11.0 Å². The molecule has 1 heterocycles. The number of nitrogens with one attached hydrogen (secondary N) is 3. The van der Waals surface area contributed by atoms with Crippen LogP contribution in [0.4, 0.5) is 13.2 Å². The van der Waals surface area contributed by atoms with Crippen molar-refractivity contribution in [3.63, 3.8) is 0 Å². The van der Waals surface area contributed by atoms with Gasteiger partial charge in [0.05, 0.1) is 11.6 Å². The average Bonchev–Trinajstić information content (AvgIpc) is 2.84. The molecule has 0 aliphatic rings. The van der Waals surface area contributed by atoms with E-state index in [0.717, 1.165) is 12.1 Å². The van der Waals surface area contributed by atoms with Gasteiger partial charge in [0.1, 0.15) is 0 Å².